The standard InChI is InChI=1S/C22H18ClN5O2/c1-15-4-5-17(14-19(15)23)25-22(29)24-16-6-8-18(9-7-16)30-21-11-10-20(26-27-21)28-12-2-3-13-28/h2-14H,1H3,(H2,24,25,29). The van der Waals surface area contributed by atoms with Crippen LogP contribution in [0, 0.1) is 6.92 Å². The lowest BCUT2D eigenvalue weighted by Crippen LogP contribution is -2.19. The molecule has 0 aliphatic carbocycles. The summed E-state index contributed by atoms with van der Waals surface area (Å²) in [5.41, 5.74) is 2.18. The average Bonchev–Trinajstić information content (AvgIpc) is 3.28. The summed E-state index contributed by atoms with van der Waals surface area (Å²) < 4.78 is 7.56. The molecule has 0 atom stereocenters. The second-order valence-electron chi connectivity index (χ2n) is 6.49. The zero-order chi connectivity index (χ0) is 20.9. The molecule has 0 aliphatic rings. The van der Waals surface area contributed by atoms with E-state index in [9.17, 15) is 4.79 Å². The second-order valence-corrected chi connectivity index (χ2v) is 6.90. The van der Waals surface area contributed by atoms with Crippen molar-refractivity contribution in [3.8, 4) is 17.4 Å². The number of urea groups is 1. The van der Waals surface area contributed by atoms with E-state index in [1.165, 1.54) is 0 Å². The minimum atomic E-state index is -0.366. The molecular weight excluding hydrogens is 402 g/mol. The van der Waals surface area contributed by atoms with E-state index in [1.807, 2.05) is 48.1 Å². The van der Waals surface area contributed by atoms with Crippen molar-refractivity contribution in [3.05, 3.63) is 89.7 Å². The summed E-state index contributed by atoms with van der Waals surface area (Å²) in [5.74, 6) is 1.66. The van der Waals surface area contributed by atoms with E-state index in [0.717, 1.165) is 5.56 Å². The Balaban J connectivity index is 1.34. The highest BCUT2D eigenvalue weighted by Gasteiger charge is 2.06. The third-order valence-corrected chi connectivity index (χ3v) is 4.67. The highest BCUT2D eigenvalue weighted by atomic mass is 35.5. The molecule has 4 rings (SSSR count). The van der Waals surface area contributed by atoms with Gasteiger partial charge < -0.3 is 19.9 Å². The Morgan fingerprint density at radius 3 is 2.30 bits per heavy atom. The first-order valence-electron chi connectivity index (χ1n) is 9.16. The van der Waals surface area contributed by atoms with Gasteiger partial charge in [-0.1, -0.05) is 17.7 Å². The Hall–Kier alpha value is -3.84. The van der Waals surface area contributed by atoms with Crippen molar-refractivity contribution in [1.29, 1.82) is 0 Å². The molecule has 0 aliphatic heterocycles. The topological polar surface area (TPSA) is 81.1 Å². The first-order valence-corrected chi connectivity index (χ1v) is 9.54. The maximum atomic E-state index is 12.2. The number of halogens is 1. The lowest BCUT2D eigenvalue weighted by atomic mass is 10.2. The molecule has 0 bridgehead atoms. The fraction of sp³-hybridized carbons (Fsp3) is 0.0455. The van der Waals surface area contributed by atoms with Crippen LogP contribution in [0.2, 0.25) is 5.02 Å². The number of hydrogen-bond acceptors (Lipinski definition) is 4. The predicted octanol–water partition coefficient (Wildman–Crippen LogP) is 5.67. The molecule has 0 unspecified atom stereocenters. The van der Waals surface area contributed by atoms with Crippen molar-refractivity contribution in [2.24, 2.45) is 0 Å². The summed E-state index contributed by atoms with van der Waals surface area (Å²) in [6.45, 7) is 1.90. The Kier molecular flexibility index (Phi) is 5.63. The van der Waals surface area contributed by atoms with Crippen LogP contribution in [0.15, 0.2) is 79.1 Å². The highest BCUT2D eigenvalue weighted by Crippen LogP contribution is 2.23. The first kappa shape index (κ1) is 19.5. The molecule has 2 amide bonds. The third-order valence-electron chi connectivity index (χ3n) is 4.26. The van der Waals surface area contributed by atoms with E-state index < -0.39 is 0 Å². The molecule has 4 aromatic rings. The number of benzene rings is 2. The number of carbonyl (C=O) groups is 1. The molecular formula is C22H18ClN5O2. The normalized spacial score (nSPS) is 10.5. The molecule has 0 fully saturated rings. The molecule has 0 saturated carbocycles. The smallest absolute Gasteiger partial charge is 0.323 e. The van der Waals surface area contributed by atoms with Crippen LogP contribution in [-0.4, -0.2) is 20.8 Å². The van der Waals surface area contributed by atoms with Crippen LogP contribution >= 0.6 is 11.6 Å². The predicted molar refractivity (Wildman–Crippen MR) is 117 cm³/mol. The van der Waals surface area contributed by atoms with Crippen LogP contribution in [0.5, 0.6) is 11.6 Å². The SMILES string of the molecule is Cc1ccc(NC(=O)Nc2ccc(Oc3ccc(-n4cccc4)nn3)cc2)cc1Cl. The fourth-order valence-electron chi connectivity index (χ4n) is 2.68. The van der Waals surface area contributed by atoms with E-state index in [4.69, 9.17) is 16.3 Å². The number of rotatable bonds is 5. The summed E-state index contributed by atoms with van der Waals surface area (Å²) in [6, 6.07) is 19.3. The molecule has 0 spiro atoms. The van der Waals surface area contributed by atoms with Gasteiger partial charge in [-0.15, -0.1) is 10.2 Å². The highest BCUT2D eigenvalue weighted by molar-refractivity contribution is 6.31. The van der Waals surface area contributed by atoms with Crippen LogP contribution in [-0.2, 0) is 0 Å². The Labute approximate surface area is 178 Å². The van der Waals surface area contributed by atoms with Gasteiger partial charge in [0.1, 0.15) is 5.75 Å². The van der Waals surface area contributed by atoms with E-state index >= 15 is 0 Å². The zero-order valence-electron chi connectivity index (χ0n) is 16.0. The molecule has 0 radical (unpaired) electrons. The quantitative estimate of drug-likeness (QED) is 0.437. The van der Waals surface area contributed by atoms with Gasteiger partial charge in [0.05, 0.1) is 0 Å². The molecule has 2 N–H and O–H groups in total. The number of nitrogens with one attached hydrogen (secondary N) is 2. The summed E-state index contributed by atoms with van der Waals surface area (Å²) in [6.07, 6.45) is 3.78. The Bertz CT molecular complexity index is 1140. The number of anilines is 2. The number of nitrogens with zero attached hydrogens (tertiary/aromatic N) is 3. The van der Waals surface area contributed by atoms with Gasteiger partial charge in [-0.05, 0) is 67.1 Å². The second kappa shape index (κ2) is 8.67. The lowest BCUT2D eigenvalue weighted by Gasteiger charge is -2.10. The maximum absolute atomic E-state index is 12.2. The number of carbonyl (C=O) groups excluding carboxylic acids is 1. The van der Waals surface area contributed by atoms with E-state index in [2.05, 4.69) is 20.8 Å². The van der Waals surface area contributed by atoms with Crippen LogP contribution in [0.1, 0.15) is 5.56 Å². The van der Waals surface area contributed by atoms with Gasteiger partial charge in [-0.2, -0.15) is 0 Å². The lowest BCUT2D eigenvalue weighted by molar-refractivity contribution is 0.262. The summed E-state index contributed by atoms with van der Waals surface area (Å²) in [5, 5.41) is 14.3. The number of amides is 2. The first-order chi connectivity index (χ1) is 14.6. The van der Waals surface area contributed by atoms with Crippen molar-refractivity contribution in [2.45, 2.75) is 6.92 Å². The van der Waals surface area contributed by atoms with E-state index in [-0.39, 0.29) is 6.03 Å². The van der Waals surface area contributed by atoms with Gasteiger partial charge in [0.15, 0.2) is 5.82 Å². The summed E-state index contributed by atoms with van der Waals surface area (Å²) >= 11 is 6.08. The number of ether oxygens (including phenoxy) is 1. The van der Waals surface area contributed by atoms with Crippen LogP contribution in [0.25, 0.3) is 5.82 Å². The van der Waals surface area contributed by atoms with Crippen molar-refractivity contribution in [2.75, 3.05) is 10.6 Å². The van der Waals surface area contributed by atoms with Gasteiger partial charge in [-0.3, -0.25) is 0 Å². The van der Waals surface area contributed by atoms with Gasteiger partial charge in [0.25, 0.3) is 0 Å². The van der Waals surface area contributed by atoms with E-state index in [1.54, 1.807) is 42.5 Å². The van der Waals surface area contributed by atoms with E-state index in [0.29, 0.717) is 33.8 Å². The Morgan fingerprint density at radius 1 is 0.933 bits per heavy atom. The molecule has 0 saturated heterocycles. The molecule has 30 heavy (non-hydrogen) atoms. The van der Waals surface area contributed by atoms with Crippen LogP contribution in [0.4, 0.5) is 16.2 Å². The number of hydrogen-bond donors (Lipinski definition) is 2. The van der Waals surface area contributed by atoms with Crippen molar-refractivity contribution in [1.82, 2.24) is 14.8 Å². The van der Waals surface area contributed by atoms with Gasteiger partial charge >= 0.3 is 6.03 Å². The molecule has 2 aromatic carbocycles. The number of aryl methyl sites for hydroxylation is 1. The third kappa shape index (κ3) is 4.76. The van der Waals surface area contributed by atoms with Crippen LogP contribution in [0.3, 0.4) is 0 Å². The minimum Gasteiger partial charge on any atom is -0.438 e. The minimum absolute atomic E-state index is 0.366. The zero-order valence-corrected chi connectivity index (χ0v) is 16.8. The summed E-state index contributed by atoms with van der Waals surface area (Å²) in [4.78, 5) is 12.2. The van der Waals surface area contributed by atoms with Crippen molar-refractivity contribution in [3.63, 3.8) is 0 Å². The van der Waals surface area contributed by atoms with Gasteiger partial charge in [0.2, 0.25) is 5.88 Å². The maximum Gasteiger partial charge on any atom is 0.323 e. The fourth-order valence-corrected chi connectivity index (χ4v) is 2.86. The van der Waals surface area contributed by atoms with Crippen molar-refractivity contribution < 1.29 is 9.53 Å². The summed E-state index contributed by atoms with van der Waals surface area (Å²) in [7, 11) is 0. The number of aromatic nitrogens is 3. The Morgan fingerprint density at radius 2 is 1.63 bits per heavy atom. The monoisotopic (exact) mass is 419 g/mol. The van der Waals surface area contributed by atoms with Gasteiger partial charge in [0, 0.05) is 34.9 Å². The largest absolute Gasteiger partial charge is 0.438 e. The molecule has 150 valence electrons. The van der Waals surface area contributed by atoms with Crippen molar-refractivity contribution >= 4 is 29.0 Å². The van der Waals surface area contributed by atoms with Crippen LogP contribution < -0.4 is 15.4 Å². The van der Waals surface area contributed by atoms with Gasteiger partial charge in [-0.25, -0.2) is 4.79 Å². The molecule has 2 heterocycles. The molecule has 8 heteroatoms. The molecule has 7 nitrogen and oxygen atoms in total. The molecule has 2 aromatic heterocycles. The average molecular weight is 420 g/mol.